The summed E-state index contributed by atoms with van der Waals surface area (Å²) in [5.41, 5.74) is 2.73. The maximum absolute atomic E-state index is 12.8. The molecule has 0 atom stereocenters. The quantitative estimate of drug-likeness (QED) is 0.391. The molecule has 0 fully saturated rings. The van der Waals surface area contributed by atoms with Crippen LogP contribution < -0.4 is 15.7 Å². The van der Waals surface area contributed by atoms with Crippen molar-refractivity contribution in [3.63, 3.8) is 0 Å². The molecule has 0 bridgehead atoms. The molecule has 0 radical (unpaired) electrons. The van der Waals surface area contributed by atoms with E-state index in [9.17, 15) is 9.59 Å². The molecule has 1 amide bonds. The lowest BCUT2D eigenvalue weighted by Crippen LogP contribution is -2.21. The van der Waals surface area contributed by atoms with Crippen LogP contribution >= 0.6 is 11.3 Å². The molecule has 5 rings (SSSR count). The highest BCUT2D eigenvalue weighted by molar-refractivity contribution is 7.21. The lowest BCUT2D eigenvalue weighted by molar-refractivity contribution is 0.102. The molecule has 0 aliphatic carbocycles. The number of para-hydroxylation sites is 1. The van der Waals surface area contributed by atoms with Crippen LogP contribution in [-0.2, 0) is 0 Å². The summed E-state index contributed by atoms with van der Waals surface area (Å²) in [5, 5.41) is 4.26. The summed E-state index contributed by atoms with van der Waals surface area (Å²) in [5.74, 6) is -0.105. The van der Waals surface area contributed by atoms with Crippen LogP contribution in [0.2, 0.25) is 0 Å². The minimum atomic E-state index is -0.726. The maximum atomic E-state index is 12.8. The molecule has 158 valence electrons. The number of amides is 1. The number of ether oxygens (including phenoxy) is 1. The maximum Gasteiger partial charge on any atom is 0.349 e. The van der Waals surface area contributed by atoms with Gasteiger partial charge in [0.05, 0.1) is 7.11 Å². The predicted molar refractivity (Wildman–Crippen MR) is 125 cm³/mol. The fourth-order valence-corrected chi connectivity index (χ4v) is 4.36. The van der Waals surface area contributed by atoms with Gasteiger partial charge in [-0.3, -0.25) is 4.79 Å². The summed E-state index contributed by atoms with van der Waals surface area (Å²) in [6.07, 6.45) is 1.74. The van der Waals surface area contributed by atoms with Crippen LogP contribution in [-0.4, -0.2) is 23.0 Å². The van der Waals surface area contributed by atoms with Crippen molar-refractivity contribution < 1.29 is 13.9 Å². The molecule has 2 aromatic carbocycles. The van der Waals surface area contributed by atoms with Crippen LogP contribution in [0.25, 0.3) is 31.9 Å². The van der Waals surface area contributed by atoms with Crippen molar-refractivity contribution in [1.29, 1.82) is 0 Å². The second-order valence-corrected chi connectivity index (χ2v) is 8.13. The number of pyridine rings is 1. The Kier molecular flexibility index (Phi) is 4.91. The van der Waals surface area contributed by atoms with Crippen molar-refractivity contribution in [1.82, 2.24) is 9.97 Å². The van der Waals surface area contributed by atoms with Gasteiger partial charge in [-0.05, 0) is 55.0 Å². The van der Waals surface area contributed by atoms with Gasteiger partial charge in [-0.15, -0.1) is 0 Å². The highest BCUT2D eigenvalue weighted by atomic mass is 32.1. The molecule has 7 nitrogen and oxygen atoms in total. The third-order valence-electron chi connectivity index (χ3n) is 5.08. The smallest absolute Gasteiger partial charge is 0.349 e. The van der Waals surface area contributed by atoms with Crippen LogP contribution in [0.5, 0.6) is 5.75 Å². The van der Waals surface area contributed by atoms with Crippen LogP contribution in [0.15, 0.2) is 70.0 Å². The molecule has 0 aliphatic rings. The molecule has 1 N–H and O–H groups in total. The van der Waals surface area contributed by atoms with E-state index in [1.165, 1.54) is 24.5 Å². The SMILES string of the molecule is COc1cccc2cc(C(=O)Nc3ccc(-c4nc5cccnc5s4)cc3C)c(=O)oc12. The molecule has 0 saturated carbocycles. The van der Waals surface area contributed by atoms with Gasteiger partial charge in [0.2, 0.25) is 0 Å². The highest BCUT2D eigenvalue weighted by Crippen LogP contribution is 2.31. The van der Waals surface area contributed by atoms with Crippen molar-refractivity contribution in [2.24, 2.45) is 0 Å². The largest absolute Gasteiger partial charge is 0.493 e. The number of aromatic nitrogens is 2. The molecule has 0 saturated heterocycles. The van der Waals surface area contributed by atoms with Crippen LogP contribution in [0.1, 0.15) is 15.9 Å². The second-order valence-electron chi connectivity index (χ2n) is 7.16. The summed E-state index contributed by atoms with van der Waals surface area (Å²) in [4.78, 5) is 35.1. The van der Waals surface area contributed by atoms with Gasteiger partial charge in [0.15, 0.2) is 11.3 Å². The number of fused-ring (bicyclic) bond motifs is 2. The number of carbonyl (C=O) groups excluding carboxylic acids is 1. The normalized spacial score (nSPS) is 11.1. The van der Waals surface area contributed by atoms with E-state index in [1.807, 2.05) is 31.2 Å². The van der Waals surface area contributed by atoms with Crippen LogP contribution in [0, 0.1) is 6.92 Å². The van der Waals surface area contributed by atoms with Crippen molar-refractivity contribution in [3.8, 4) is 16.3 Å². The zero-order chi connectivity index (χ0) is 22.2. The van der Waals surface area contributed by atoms with Gasteiger partial charge >= 0.3 is 5.63 Å². The molecular formula is C24H17N3O4S. The first-order valence-corrected chi connectivity index (χ1v) is 10.6. The Morgan fingerprint density at radius 1 is 1.12 bits per heavy atom. The molecule has 0 spiro atoms. The van der Waals surface area contributed by atoms with Gasteiger partial charge < -0.3 is 14.5 Å². The fraction of sp³-hybridized carbons (Fsp3) is 0.0833. The summed E-state index contributed by atoms with van der Waals surface area (Å²) in [6.45, 7) is 1.89. The topological polar surface area (TPSA) is 94.3 Å². The third-order valence-corrected chi connectivity index (χ3v) is 6.10. The molecule has 3 aromatic heterocycles. The summed E-state index contributed by atoms with van der Waals surface area (Å²) >= 11 is 1.51. The number of nitrogens with one attached hydrogen (secondary N) is 1. The van der Waals surface area contributed by atoms with Crippen molar-refractivity contribution >= 4 is 44.2 Å². The zero-order valence-corrected chi connectivity index (χ0v) is 18.0. The highest BCUT2D eigenvalue weighted by Gasteiger charge is 2.17. The van der Waals surface area contributed by atoms with E-state index >= 15 is 0 Å². The molecular weight excluding hydrogens is 426 g/mol. The van der Waals surface area contributed by atoms with E-state index in [0.29, 0.717) is 22.4 Å². The van der Waals surface area contributed by atoms with Crippen molar-refractivity contribution in [2.45, 2.75) is 6.92 Å². The summed E-state index contributed by atoms with van der Waals surface area (Å²) < 4.78 is 10.6. The van der Waals surface area contributed by atoms with E-state index < -0.39 is 11.5 Å². The number of methoxy groups -OCH3 is 1. The third kappa shape index (κ3) is 3.50. The Morgan fingerprint density at radius 3 is 2.78 bits per heavy atom. The number of benzene rings is 2. The van der Waals surface area contributed by atoms with Gasteiger partial charge in [0.1, 0.15) is 20.9 Å². The first-order valence-electron chi connectivity index (χ1n) is 9.78. The minimum absolute atomic E-state index is 0.0773. The predicted octanol–water partition coefficient (Wildman–Crippen LogP) is 5.03. The zero-order valence-electron chi connectivity index (χ0n) is 17.2. The summed E-state index contributed by atoms with van der Waals surface area (Å²) in [7, 11) is 1.49. The van der Waals surface area contributed by atoms with Gasteiger partial charge in [0, 0.05) is 22.8 Å². The summed E-state index contributed by atoms with van der Waals surface area (Å²) in [6, 6.07) is 16.1. The van der Waals surface area contributed by atoms with Crippen molar-refractivity contribution in [2.75, 3.05) is 12.4 Å². The second kappa shape index (κ2) is 7.90. The van der Waals surface area contributed by atoms with Gasteiger partial charge in [-0.25, -0.2) is 14.8 Å². The van der Waals surface area contributed by atoms with E-state index in [4.69, 9.17) is 9.15 Å². The average Bonchev–Trinajstić information content (AvgIpc) is 3.24. The Bertz CT molecular complexity index is 1520. The van der Waals surface area contributed by atoms with Crippen molar-refractivity contribution in [3.05, 3.63) is 82.3 Å². The van der Waals surface area contributed by atoms with Gasteiger partial charge in [-0.1, -0.05) is 23.5 Å². The van der Waals surface area contributed by atoms with Crippen LogP contribution in [0.4, 0.5) is 5.69 Å². The molecule has 8 heteroatoms. The Labute approximate surface area is 186 Å². The van der Waals surface area contributed by atoms with E-state index in [1.54, 1.807) is 30.5 Å². The first kappa shape index (κ1) is 19.9. The molecule has 0 unspecified atom stereocenters. The number of aryl methyl sites for hydroxylation is 1. The first-order chi connectivity index (χ1) is 15.5. The molecule has 5 aromatic rings. The van der Waals surface area contributed by atoms with Gasteiger partial charge in [-0.2, -0.15) is 0 Å². The number of anilines is 1. The Morgan fingerprint density at radius 2 is 2.00 bits per heavy atom. The minimum Gasteiger partial charge on any atom is -0.493 e. The van der Waals surface area contributed by atoms with E-state index in [-0.39, 0.29) is 5.56 Å². The lowest BCUT2D eigenvalue weighted by atomic mass is 10.1. The molecule has 32 heavy (non-hydrogen) atoms. The lowest BCUT2D eigenvalue weighted by Gasteiger charge is -2.10. The van der Waals surface area contributed by atoms with E-state index in [0.717, 1.165) is 26.5 Å². The number of hydrogen-bond acceptors (Lipinski definition) is 7. The number of nitrogens with zero attached hydrogens (tertiary/aromatic N) is 2. The average molecular weight is 443 g/mol. The molecule has 0 aliphatic heterocycles. The standard InChI is InChI=1S/C24H17N3O4S/c1-13-11-15(22-27-18-6-4-10-25-23(18)32-22)8-9-17(13)26-21(28)16-12-14-5-3-7-19(30-2)20(14)31-24(16)29/h3-12H,1-2H3,(H,26,28). The number of carbonyl (C=O) groups is 1. The van der Waals surface area contributed by atoms with Gasteiger partial charge in [0.25, 0.3) is 5.91 Å². The van der Waals surface area contributed by atoms with Crippen LogP contribution in [0.3, 0.4) is 0 Å². The monoisotopic (exact) mass is 443 g/mol. The number of hydrogen-bond donors (Lipinski definition) is 1. The van der Waals surface area contributed by atoms with E-state index in [2.05, 4.69) is 15.3 Å². The Hall–Kier alpha value is -4.04. The number of thiazole rings is 1. The number of rotatable bonds is 4. The molecule has 3 heterocycles. The Balaban J connectivity index is 1.44. The fourth-order valence-electron chi connectivity index (χ4n) is 3.46.